The van der Waals surface area contributed by atoms with Crippen LogP contribution < -0.4 is 9.44 Å². The van der Waals surface area contributed by atoms with E-state index in [1.54, 1.807) is 0 Å². The summed E-state index contributed by atoms with van der Waals surface area (Å²) in [4.78, 5) is 0. The number of sulfonamides is 1. The topological polar surface area (TPSA) is 95.6 Å². The van der Waals surface area contributed by atoms with Crippen molar-refractivity contribution in [1.82, 2.24) is 13.7 Å². The summed E-state index contributed by atoms with van der Waals surface area (Å²) in [7, 11) is -3.56. The van der Waals surface area contributed by atoms with Gasteiger partial charge in [-0.3, -0.25) is 0 Å². The Labute approximate surface area is 116 Å². The zero-order valence-corrected chi connectivity index (χ0v) is 13.2. The molecule has 1 saturated carbocycles. The third-order valence-electron chi connectivity index (χ3n) is 3.26. The zero-order chi connectivity index (χ0) is 14.7. The molecule has 9 heteroatoms. The van der Waals surface area contributed by atoms with E-state index < -0.39 is 20.2 Å². The molecule has 0 aliphatic heterocycles. The lowest BCUT2D eigenvalue weighted by atomic mass is 9.87. The first-order valence-corrected chi connectivity index (χ1v) is 9.58. The molecule has 0 bridgehead atoms. The van der Waals surface area contributed by atoms with Crippen molar-refractivity contribution >= 4 is 20.2 Å². The summed E-state index contributed by atoms with van der Waals surface area (Å²) in [5.41, 5.74) is 0. The second-order valence-corrected chi connectivity index (χ2v) is 8.99. The molecule has 0 atom stereocenters. The summed E-state index contributed by atoms with van der Waals surface area (Å²) < 4.78 is 51.6. The Morgan fingerprint density at radius 3 is 2.00 bits per heavy atom. The van der Waals surface area contributed by atoms with Gasteiger partial charge in [-0.1, -0.05) is 0 Å². The van der Waals surface area contributed by atoms with Crippen LogP contribution in [-0.2, 0) is 20.2 Å². The molecule has 0 spiro atoms. The minimum absolute atomic E-state index is 0.0169. The van der Waals surface area contributed by atoms with E-state index >= 15 is 0 Å². The fraction of sp³-hybridized carbons (Fsp3) is 1.00. The summed E-state index contributed by atoms with van der Waals surface area (Å²) in [6.07, 6.45) is 4.30. The predicted molar refractivity (Wildman–Crippen MR) is 74.3 cm³/mol. The van der Waals surface area contributed by atoms with Crippen LogP contribution in [0.5, 0.6) is 0 Å². The Hall–Kier alpha value is -0.220. The third-order valence-corrected chi connectivity index (χ3v) is 5.52. The Morgan fingerprint density at radius 2 is 1.58 bits per heavy atom. The van der Waals surface area contributed by atoms with Gasteiger partial charge < -0.3 is 0 Å². The molecule has 1 rings (SSSR count). The van der Waals surface area contributed by atoms with Crippen molar-refractivity contribution in [2.45, 2.75) is 31.7 Å². The van der Waals surface area contributed by atoms with Gasteiger partial charge in [-0.2, -0.15) is 12.7 Å². The molecule has 1 aliphatic rings. The SMILES string of the molecule is CN(C)S(=O)(=O)NCC1CCC(NS(C)(=O)=O)CC1. The van der Waals surface area contributed by atoms with Gasteiger partial charge in [0.15, 0.2) is 0 Å². The van der Waals surface area contributed by atoms with Gasteiger partial charge in [-0.05, 0) is 31.6 Å². The predicted octanol–water partition coefficient (Wildman–Crippen LogP) is -0.510. The van der Waals surface area contributed by atoms with E-state index in [1.807, 2.05) is 0 Å². The lowest BCUT2D eigenvalue weighted by Crippen LogP contribution is -2.41. The van der Waals surface area contributed by atoms with Gasteiger partial charge in [0.25, 0.3) is 10.2 Å². The molecule has 0 aromatic rings. The molecule has 0 saturated heterocycles. The Balaban J connectivity index is 2.35. The molecular formula is C10H23N3O4S2. The quantitative estimate of drug-likeness (QED) is 0.690. The van der Waals surface area contributed by atoms with Crippen molar-refractivity contribution in [3.63, 3.8) is 0 Å². The van der Waals surface area contributed by atoms with E-state index in [2.05, 4.69) is 9.44 Å². The molecule has 19 heavy (non-hydrogen) atoms. The van der Waals surface area contributed by atoms with Crippen LogP contribution in [0.3, 0.4) is 0 Å². The molecule has 0 heterocycles. The summed E-state index contributed by atoms with van der Waals surface area (Å²) in [6.45, 7) is 0.409. The molecule has 7 nitrogen and oxygen atoms in total. The van der Waals surface area contributed by atoms with Gasteiger partial charge in [-0.15, -0.1) is 0 Å². The lowest BCUT2D eigenvalue weighted by Gasteiger charge is -2.28. The van der Waals surface area contributed by atoms with Gasteiger partial charge in [-0.25, -0.2) is 17.9 Å². The van der Waals surface area contributed by atoms with Crippen molar-refractivity contribution in [1.29, 1.82) is 0 Å². The van der Waals surface area contributed by atoms with Gasteiger partial charge >= 0.3 is 0 Å². The highest BCUT2D eigenvalue weighted by Gasteiger charge is 2.24. The second-order valence-electron chi connectivity index (χ2n) is 5.24. The summed E-state index contributed by atoms with van der Waals surface area (Å²) in [5, 5.41) is 0. The Bertz CT molecular complexity index is 479. The van der Waals surface area contributed by atoms with Crippen molar-refractivity contribution in [3.05, 3.63) is 0 Å². The Kier molecular flexibility index (Phi) is 5.75. The van der Waals surface area contributed by atoms with E-state index in [0.717, 1.165) is 36.2 Å². The van der Waals surface area contributed by atoms with Gasteiger partial charge in [0.2, 0.25) is 10.0 Å². The largest absolute Gasteiger partial charge is 0.278 e. The first kappa shape index (κ1) is 16.8. The molecule has 1 fully saturated rings. The molecule has 0 unspecified atom stereocenters. The van der Waals surface area contributed by atoms with Crippen LogP contribution in [0.1, 0.15) is 25.7 Å². The minimum Gasteiger partial charge on any atom is -0.213 e. The average Bonchev–Trinajstić information content (AvgIpc) is 2.26. The summed E-state index contributed by atoms with van der Waals surface area (Å²) in [5.74, 6) is 0.271. The zero-order valence-electron chi connectivity index (χ0n) is 11.6. The van der Waals surface area contributed by atoms with E-state index in [1.165, 1.54) is 14.1 Å². The average molecular weight is 313 g/mol. The van der Waals surface area contributed by atoms with Crippen LogP contribution in [0.2, 0.25) is 0 Å². The number of nitrogens with one attached hydrogen (secondary N) is 2. The van der Waals surface area contributed by atoms with Crippen LogP contribution in [0.15, 0.2) is 0 Å². The van der Waals surface area contributed by atoms with Crippen molar-refractivity contribution < 1.29 is 16.8 Å². The monoisotopic (exact) mass is 313 g/mol. The molecule has 0 aromatic heterocycles. The lowest BCUT2D eigenvalue weighted by molar-refractivity contribution is 0.312. The van der Waals surface area contributed by atoms with Crippen molar-refractivity contribution in [2.75, 3.05) is 26.9 Å². The highest BCUT2D eigenvalue weighted by molar-refractivity contribution is 7.88. The maximum atomic E-state index is 11.5. The first-order chi connectivity index (χ1) is 8.60. The van der Waals surface area contributed by atoms with E-state index in [4.69, 9.17) is 0 Å². The smallest absolute Gasteiger partial charge is 0.213 e. The highest BCUT2D eigenvalue weighted by Crippen LogP contribution is 2.24. The van der Waals surface area contributed by atoms with Crippen molar-refractivity contribution in [3.8, 4) is 0 Å². The number of nitrogens with zero attached hydrogens (tertiary/aromatic N) is 1. The van der Waals surface area contributed by atoms with Gasteiger partial charge in [0.05, 0.1) is 6.26 Å². The maximum absolute atomic E-state index is 11.5. The molecule has 0 aromatic carbocycles. The van der Waals surface area contributed by atoms with E-state index in [9.17, 15) is 16.8 Å². The standard InChI is InChI=1S/C10H23N3O4S2/c1-13(2)19(16,17)11-8-9-4-6-10(7-5-9)12-18(3,14)15/h9-12H,4-8H2,1-3H3. The third kappa shape index (κ3) is 6.17. The molecular weight excluding hydrogens is 290 g/mol. The fourth-order valence-corrected chi connectivity index (χ4v) is 3.69. The second kappa shape index (κ2) is 6.49. The summed E-state index contributed by atoms with van der Waals surface area (Å²) >= 11 is 0. The van der Waals surface area contributed by atoms with Crippen LogP contribution in [-0.4, -0.2) is 54.1 Å². The molecule has 0 radical (unpaired) electrons. The normalized spacial score (nSPS) is 25.7. The van der Waals surface area contributed by atoms with Gasteiger partial charge in [0, 0.05) is 26.7 Å². The summed E-state index contributed by atoms with van der Waals surface area (Å²) in [6, 6.07) is -0.0169. The molecule has 114 valence electrons. The Morgan fingerprint density at radius 1 is 1.05 bits per heavy atom. The van der Waals surface area contributed by atoms with Crippen LogP contribution in [0.25, 0.3) is 0 Å². The molecule has 1 aliphatic carbocycles. The van der Waals surface area contributed by atoms with Crippen LogP contribution in [0, 0.1) is 5.92 Å². The molecule has 0 amide bonds. The first-order valence-electron chi connectivity index (χ1n) is 6.24. The number of rotatable bonds is 6. The maximum Gasteiger partial charge on any atom is 0.278 e. The van der Waals surface area contributed by atoms with Crippen molar-refractivity contribution in [2.24, 2.45) is 5.92 Å². The van der Waals surface area contributed by atoms with Crippen LogP contribution in [0.4, 0.5) is 0 Å². The van der Waals surface area contributed by atoms with Gasteiger partial charge in [0.1, 0.15) is 0 Å². The highest BCUT2D eigenvalue weighted by atomic mass is 32.2. The minimum atomic E-state index is -3.37. The number of hydrogen-bond acceptors (Lipinski definition) is 4. The molecule has 2 N–H and O–H groups in total. The fourth-order valence-electron chi connectivity index (χ4n) is 2.14. The number of hydrogen-bond donors (Lipinski definition) is 2. The van der Waals surface area contributed by atoms with E-state index in [0.29, 0.717) is 6.54 Å². The van der Waals surface area contributed by atoms with Crippen LogP contribution >= 0.6 is 0 Å². The van der Waals surface area contributed by atoms with E-state index in [-0.39, 0.29) is 12.0 Å².